The molecule has 1 aliphatic heterocycles. The lowest BCUT2D eigenvalue weighted by Crippen LogP contribution is -2.35. The van der Waals surface area contributed by atoms with E-state index >= 15 is 0 Å². The third-order valence-electron chi connectivity index (χ3n) is 5.31. The Hall–Kier alpha value is -3.04. The van der Waals surface area contributed by atoms with Crippen molar-refractivity contribution in [1.29, 1.82) is 0 Å². The summed E-state index contributed by atoms with van der Waals surface area (Å²) in [4.78, 5) is 15.9. The Morgan fingerprint density at radius 1 is 1.10 bits per heavy atom. The monoisotopic (exact) mass is 439 g/mol. The van der Waals surface area contributed by atoms with E-state index in [0.717, 1.165) is 54.8 Å². The van der Waals surface area contributed by atoms with Gasteiger partial charge in [-0.15, -0.1) is 0 Å². The molecule has 2 N–H and O–H groups in total. The largest absolute Gasteiger partial charge is 0.396 e. The number of hydrogen-bond donors (Lipinski definition) is 2. The first kappa shape index (κ1) is 21.2. The number of rotatable bonds is 6. The fraction of sp³-hybridized carbons (Fsp3) is 0.318. The molecule has 0 atom stereocenters. The van der Waals surface area contributed by atoms with Crippen LogP contribution in [0.25, 0.3) is 22.6 Å². The van der Waals surface area contributed by atoms with Crippen molar-refractivity contribution in [3.8, 4) is 22.6 Å². The van der Waals surface area contributed by atoms with Crippen molar-refractivity contribution < 1.29 is 13.5 Å². The predicted molar refractivity (Wildman–Crippen MR) is 121 cm³/mol. The quantitative estimate of drug-likeness (QED) is 0.608. The van der Waals surface area contributed by atoms with Gasteiger partial charge in [-0.25, -0.2) is 18.4 Å². The maximum absolute atomic E-state index is 11.5. The normalized spacial score (nSPS) is 15.1. The molecule has 2 aromatic heterocycles. The summed E-state index contributed by atoms with van der Waals surface area (Å²) in [6, 6.07) is 12.8. The summed E-state index contributed by atoms with van der Waals surface area (Å²) in [6.07, 6.45) is 6.41. The highest BCUT2D eigenvalue weighted by Gasteiger charge is 2.21. The Bertz CT molecular complexity index is 1130. The Kier molecular flexibility index (Phi) is 6.15. The first-order chi connectivity index (χ1) is 14.9. The summed E-state index contributed by atoms with van der Waals surface area (Å²) in [5, 5.41) is 9.43. The Labute approximate surface area is 182 Å². The third kappa shape index (κ3) is 5.36. The Morgan fingerprint density at radius 3 is 2.45 bits per heavy atom. The Balaban J connectivity index is 1.70. The molecule has 0 radical (unpaired) electrons. The standard InChI is InChI=1S/C22H25N5O3S/c1-31(29,30)26-19-6-4-17(5-7-19)20-13-21(27-11-8-16(15-28)9-12-27)25-22(24-20)18-3-2-10-23-14-18/h2-7,10,13-14,16,26,28H,8-9,11-12,15H2,1H3. The SMILES string of the molecule is CS(=O)(=O)Nc1ccc(-c2cc(N3CCC(CO)CC3)nc(-c3cccnc3)n2)cc1. The zero-order chi connectivity index (χ0) is 21.8. The van der Waals surface area contributed by atoms with Crippen LogP contribution >= 0.6 is 0 Å². The second kappa shape index (κ2) is 8.99. The van der Waals surface area contributed by atoms with Gasteiger partial charge in [0, 0.05) is 55.0 Å². The van der Waals surface area contributed by atoms with Gasteiger partial charge in [-0.2, -0.15) is 0 Å². The molecule has 9 heteroatoms. The second-order valence-corrected chi connectivity index (χ2v) is 9.49. The fourth-order valence-corrected chi connectivity index (χ4v) is 4.20. The van der Waals surface area contributed by atoms with E-state index in [4.69, 9.17) is 9.97 Å². The molecule has 1 aliphatic rings. The van der Waals surface area contributed by atoms with Crippen molar-refractivity contribution in [2.45, 2.75) is 12.8 Å². The molecule has 0 saturated carbocycles. The van der Waals surface area contributed by atoms with Crippen LogP contribution < -0.4 is 9.62 Å². The molecule has 162 valence electrons. The molecule has 31 heavy (non-hydrogen) atoms. The lowest BCUT2D eigenvalue weighted by Gasteiger charge is -2.32. The number of piperidine rings is 1. The molecular weight excluding hydrogens is 414 g/mol. The summed E-state index contributed by atoms with van der Waals surface area (Å²) in [5.74, 6) is 1.76. The minimum atomic E-state index is -3.33. The summed E-state index contributed by atoms with van der Waals surface area (Å²) in [5.41, 5.74) is 2.93. The minimum absolute atomic E-state index is 0.220. The van der Waals surface area contributed by atoms with E-state index in [1.54, 1.807) is 24.5 Å². The highest BCUT2D eigenvalue weighted by molar-refractivity contribution is 7.92. The second-order valence-electron chi connectivity index (χ2n) is 7.74. The van der Waals surface area contributed by atoms with Gasteiger partial charge in [0.2, 0.25) is 10.0 Å². The summed E-state index contributed by atoms with van der Waals surface area (Å²) in [7, 11) is -3.33. The van der Waals surface area contributed by atoms with Crippen molar-refractivity contribution in [2.24, 2.45) is 5.92 Å². The van der Waals surface area contributed by atoms with Crippen LogP contribution in [-0.2, 0) is 10.0 Å². The maximum atomic E-state index is 11.5. The molecule has 0 aliphatic carbocycles. The van der Waals surface area contributed by atoms with Crippen LogP contribution in [-0.4, -0.2) is 54.4 Å². The molecule has 8 nitrogen and oxygen atoms in total. The van der Waals surface area contributed by atoms with Gasteiger partial charge in [0.1, 0.15) is 5.82 Å². The van der Waals surface area contributed by atoms with E-state index in [1.807, 2.05) is 30.3 Å². The summed E-state index contributed by atoms with van der Waals surface area (Å²) in [6.45, 7) is 1.87. The van der Waals surface area contributed by atoms with Crippen LogP contribution in [0.1, 0.15) is 12.8 Å². The predicted octanol–water partition coefficient (Wildman–Crippen LogP) is 2.79. The van der Waals surface area contributed by atoms with Crippen LogP contribution in [0.15, 0.2) is 54.9 Å². The fourth-order valence-electron chi connectivity index (χ4n) is 3.64. The van der Waals surface area contributed by atoms with Crippen LogP contribution in [0.3, 0.4) is 0 Å². The molecule has 0 amide bonds. The number of aromatic nitrogens is 3. The molecule has 1 fully saturated rings. The molecule has 0 spiro atoms. The number of anilines is 2. The van der Waals surface area contributed by atoms with E-state index in [1.165, 1.54) is 0 Å². The molecule has 0 unspecified atom stereocenters. The van der Waals surface area contributed by atoms with Crippen LogP contribution in [0.5, 0.6) is 0 Å². The number of sulfonamides is 1. The van der Waals surface area contributed by atoms with Crippen LogP contribution in [0.2, 0.25) is 0 Å². The highest BCUT2D eigenvalue weighted by atomic mass is 32.2. The number of pyridine rings is 1. The van der Waals surface area contributed by atoms with Gasteiger partial charge in [-0.1, -0.05) is 12.1 Å². The van der Waals surface area contributed by atoms with Gasteiger partial charge >= 0.3 is 0 Å². The average molecular weight is 440 g/mol. The van der Waals surface area contributed by atoms with Crippen molar-refractivity contribution in [3.63, 3.8) is 0 Å². The van der Waals surface area contributed by atoms with Crippen molar-refractivity contribution >= 4 is 21.5 Å². The molecular formula is C22H25N5O3S. The smallest absolute Gasteiger partial charge is 0.229 e. The van der Waals surface area contributed by atoms with E-state index in [0.29, 0.717) is 17.4 Å². The number of aliphatic hydroxyl groups is 1. The molecule has 1 saturated heterocycles. The van der Waals surface area contributed by atoms with Gasteiger partial charge in [0.15, 0.2) is 5.82 Å². The lowest BCUT2D eigenvalue weighted by molar-refractivity contribution is 0.203. The number of nitrogens with one attached hydrogen (secondary N) is 1. The van der Waals surface area contributed by atoms with Crippen molar-refractivity contribution in [1.82, 2.24) is 15.0 Å². The zero-order valence-corrected chi connectivity index (χ0v) is 18.1. The minimum Gasteiger partial charge on any atom is -0.396 e. The van der Waals surface area contributed by atoms with E-state index < -0.39 is 10.0 Å². The van der Waals surface area contributed by atoms with E-state index in [-0.39, 0.29) is 6.61 Å². The number of benzene rings is 1. The van der Waals surface area contributed by atoms with Crippen LogP contribution in [0.4, 0.5) is 11.5 Å². The lowest BCUT2D eigenvalue weighted by atomic mass is 9.98. The first-order valence-electron chi connectivity index (χ1n) is 10.1. The third-order valence-corrected chi connectivity index (χ3v) is 5.92. The van der Waals surface area contributed by atoms with Crippen molar-refractivity contribution in [2.75, 3.05) is 35.6 Å². The first-order valence-corrected chi connectivity index (χ1v) is 12.0. The Morgan fingerprint density at radius 2 is 1.84 bits per heavy atom. The molecule has 4 rings (SSSR count). The van der Waals surface area contributed by atoms with E-state index in [9.17, 15) is 13.5 Å². The van der Waals surface area contributed by atoms with Gasteiger partial charge in [0.25, 0.3) is 0 Å². The maximum Gasteiger partial charge on any atom is 0.229 e. The van der Waals surface area contributed by atoms with Gasteiger partial charge in [-0.3, -0.25) is 9.71 Å². The van der Waals surface area contributed by atoms with Gasteiger partial charge in [-0.05, 0) is 43.0 Å². The molecule has 1 aromatic carbocycles. The van der Waals surface area contributed by atoms with Crippen LogP contribution in [0, 0.1) is 5.92 Å². The zero-order valence-electron chi connectivity index (χ0n) is 17.3. The topological polar surface area (TPSA) is 108 Å². The van der Waals surface area contributed by atoms with Crippen molar-refractivity contribution in [3.05, 3.63) is 54.9 Å². The highest BCUT2D eigenvalue weighted by Crippen LogP contribution is 2.29. The summed E-state index contributed by atoms with van der Waals surface area (Å²) >= 11 is 0. The molecule has 3 heterocycles. The van der Waals surface area contributed by atoms with E-state index in [2.05, 4.69) is 14.6 Å². The number of aliphatic hydroxyl groups excluding tert-OH is 1. The molecule has 3 aromatic rings. The summed E-state index contributed by atoms with van der Waals surface area (Å²) < 4.78 is 25.4. The van der Waals surface area contributed by atoms with Gasteiger partial charge in [0.05, 0.1) is 11.9 Å². The number of nitrogens with zero attached hydrogens (tertiary/aromatic N) is 4. The number of hydrogen-bond acceptors (Lipinski definition) is 7. The molecule has 0 bridgehead atoms. The van der Waals surface area contributed by atoms with Gasteiger partial charge < -0.3 is 10.0 Å². The average Bonchev–Trinajstić information content (AvgIpc) is 2.79.